The van der Waals surface area contributed by atoms with Gasteiger partial charge in [0.05, 0.1) is 37.6 Å². The minimum atomic E-state index is 0.0442. The van der Waals surface area contributed by atoms with Gasteiger partial charge in [-0.05, 0) is 129 Å². The Balaban J connectivity index is 2.83. The Kier molecular flexibility index (Phi) is 63.2. The van der Waals surface area contributed by atoms with Crippen LogP contribution in [-0.2, 0) is 33.4 Å². The van der Waals surface area contributed by atoms with Gasteiger partial charge in [0.25, 0.3) is 0 Å². The predicted molar refractivity (Wildman–Crippen MR) is 394 cm³/mol. The standard InChI is InChI=1S/C81H158N4O7/c1-9-17-25-38-54-74(50-21-13-5)78(86)58-42-30-29-31-43-59-82(60-44-32-35-47-71-90-79(87)75(51-22-14-6)55-39-26-18-10-2)63-65-84-67-69-85(70-68-84)66-64-83(61-45-33-36-48-72-91-80(88)76(52-23-15-7)56-40-27-19-11-3)62-46-34-37-49-73-92-81(89)77(53-24-16-8)57-41-28-20-12-4/h74-77H,9-73H2,1-8H3. The van der Waals surface area contributed by atoms with Crippen molar-refractivity contribution in [3.8, 4) is 0 Å². The number of hydrogen-bond donors (Lipinski definition) is 0. The number of carbonyl (C=O) groups is 4. The smallest absolute Gasteiger partial charge is 0.308 e. The number of esters is 3. The van der Waals surface area contributed by atoms with Crippen molar-refractivity contribution in [2.24, 2.45) is 23.7 Å². The van der Waals surface area contributed by atoms with Crippen molar-refractivity contribution in [3.05, 3.63) is 0 Å². The Morgan fingerprint density at radius 3 is 0.815 bits per heavy atom. The summed E-state index contributed by atoms with van der Waals surface area (Å²) in [5.41, 5.74) is 0. The van der Waals surface area contributed by atoms with Gasteiger partial charge in [-0.1, -0.05) is 267 Å². The van der Waals surface area contributed by atoms with E-state index in [1.165, 1.54) is 161 Å². The lowest BCUT2D eigenvalue weighted by Gasteiger charge is -2.37. The zero-order valence-corrected chi connectivity index (χ0v) is 62.9. The van der Waals surface area contributed by atoms with Gasteiger partial charge in [-0.25, -0.2) is 0 Å². The van der Waals surface area contributed by atoms with Gasteiger partial charge in [-0.3, -0.25) is 29.0 Å². The molecule has 0 saturated carbocycles. The number of rotatable bonds is 71. The molecule has 1 fully saturated rings. The van der Waals surface area contributed by atoms with Gasteiger partial charge < -0.3 is 24.0 Å². The van der Waals surface area contributed by atoms with E-state index >= 15 is 0 Å². The average molecular weight is 1300 g/mol. The molecule has 11 nitrogen and oxygen atoms in total. The molecule has 1 aliphatic heterocycles. The van der Waals surface area contributed by atoms with Crippen LogP contribution >= 0.6 is 0 Å². The van der Waals surface area contributed by atoms with Crippen LogP contribution in [0.15, 0.2) is 0 Å². The number of carbonyl (C=O) groups excluding carboxylic acids is 4. The molecule has 1 rings (SSSR count). The fraction of sp³-hybridized carbons (Fsp3) is 0.951. The molecule has 0 aromatic carbocycles. The van der Waals surface area contributed by atoms with Crippen LogP contribution in [0.1, 0.15) is 376 Å². The Labute approximate surface area is 572 Å². The van der Waals surface area contributed by atoms with Gasteiger partial charge in [-0.15, -0.1) is 0 Å². The second kappa shape index (κ2) is 66.2. The summed E-state index contributed by atoms with van der Waals surface area (Å²) in [4.78, 5) is 63.5. The molecular weight excluding hydrogens is 1140 g/mol. The molecule has 92 heavy (non-hydrogen) atoms. The zero-order chi connectivity index (χ0) is 67.0. The van der Waals surface area contributed by atoms with Crippen molar-refractivity contribution >= 4 is 23.7 Å². The lowest BCUT2D eigenvalue weighted by Crippen LogP contribution is -2.50. The van der Waals surface area contributed by atoms with Crippen LogP contribution in [0.5, 0.6) is 0 Å². The minimum Gasteiger partial charge on any atom is -0.465 e. The number of ether oxygens (including phenoxy) is 3. The number of hydrogen-bond acceptors (Lipinski definition) is 11. The number of piperazine rings is 1. The summed E-state index contributed by atoms with van der Waals surface area (Å²) in [6.45, 7) is 33.1. The Morgan fingerprint density at radius 1 is 0.272 bits per heavy atom. The van der Waals surface area contributed by atoms with E-state index in [0.29, 0.717) is 31.5 Å². The highest BCUT2D eigenvalue weighted by molar-refractivity contribution is 5.80. The maximum atomic E-state index is 13.3. The van der Waals surface area contributed by atoms with E-state index < -0.39 is 0 Å². The molecule has 0 N–H and O–H groups in total. The fourth-order valence-corrected chi connectivity index (χ4v) is 13.8. The first-order valence-corrected chi connectivity index (χ1v) is 41.0. The van der Waals surface area contributed by atoms with E-state index in [1.54, 1.807) is 0 Å². The van der Waals surface area contributed by atoms with Crippen LogP contribution in [0.25, 0.3) is 0 Å². The number of unbranched alkanes of at least 4 members (excludes halogenated alkanes) is 29. The summed E-state index contributed by atoms with van der Waals surface area (Å²) in [7, 11) is 0. The number of ketones is 1. The highest BCUT2D eigenvalue weighted by Gasteiger charge is 2.24. The normalized spacial score (nSPS) is 14.5. The molecule has 0 aromatic heterocycles. The average Bonchev–Trinajstić information content (AvgIpc) is 3.37. The van der Waals surface area contributed by atoms with Crippen LogP contribution in [-0.4, -0.2) is 142 Å². The number of nitrogens with zero attached hydrogens (tertiary/aromatic N) is 4. The summed E-state index contributed by atoms with van der Waals surface area (Å²) >= 11 is 0. The third-order valence-electron chi connectivity index (χ3n) is 20.4. The zero-order valence-electron chi connectivity index (χ0n) is 62.9. The van der Waals surface area contributed by atoms with Crippen LogP contribution in [0, 0.1) is 23.7 Å². The van der Waals surface area contributed by atoms with Crippen molar-refractivity contribution in [2.45, 2.75) is 376 Å². The van der Waals surface area contributed by atoms with Gasteiger partial charge in [0.15, 0.2) is 0 Å². The number of Topliss-reactive ketones (excluding diaryl/α,β-unsaturated/α-hetero) is 1. The van der Waals surface area contributed by atoms with Crippen molar-refractivity contribution in [1.29, 1.82) is 0 Å². The van der Waals surface area contributed by atoms with E-state index in [-0.39, 0.29) is 35.7 Å². The van der Waals surface area contributed by atoms with Gasteiger partial charge >= 0.3 is 17.9 Å². The molecule has 0 radical (unpaired) electrons. The van der Waals surface area contributed by atoms with Crippen molar-refractivity contribution in [2.75, 3.05) is 98.4 Å². The molecular formula is C81H158N4O7. The van der Waals surface area contributed by atoms with E-state index in [4.69, 9.17) is 14.2 Å². The van der Waals surface area contributed by atoms with E-state index in [0.717, 1.165) is 239 Å². The third-order valence-corrected chi connectivity index (χ3v) is 20.4. The summed E-state index contributed by atoms with van der Waals surface area (Å²) in [5.74, 6) is 1.19. The van der Waals surface area contributed by atoms with Gasteiger partial charge in [-0.2, -0.15) is 0 Å². The topological polar surface area (TPSA) is 109 Å². The fourth-order valence-electron chi connectivity index (χ4n) is 13.8. The lowest BCUT2D eigenvalue weighted by molar-refractivity contribution is -0.150. The van der Waals surface area contributed by atoms with Gasteiger partial charge in [0.2, 0.25) is 0 Å². The van der Waals surface area contributed by atoms with E-state index in [1.807, 2.05) is 0 Å². The Morgan fingerprint density at radius 2 is 0.511 bits per heavy atom. The first-order chi connectivity index (χ1) is 45.1. The molecule has 11 heteroatoms. The molecule has 0 amide bonds. The molecule has 0 aromatic rings. The molecule has 1 aliphatic rings. The molecule has 544 valence electrons. The van der Waals surface area contributed by atoms with Crippen molar-refractivity contribution < 1.29 is 33.4 Å². The van der Waals surface area contributed by atoms with Crippen LogP contribution in [0.2, 0.25) is 0 Å². The Bertz CT molecular complexity index is 1410. The van der Waals surface area contributed by atoms with Gasteiger partial charge in [0.1, 0.15) is 5.78 Å². The first-order valence-electron chi connectivity index (χ1n) is 41.0. The highest BCUT2D eigenvalue weighted by atomic mass is 16.5. The SMILES string of the molecule is CCCCCCC(CCCC)C(=O)CCCCCCCN(CCCCCCOC(=O)C(CCCC)CCCCCC)CCN1CCN(CCN(CCCCCCOC(=O)C(CCCC)CCCCCC)CCCCCCOC(=O)C(CCCC)CCCCCC)CC1. The molecule has 0 aliphatic carbocycles. The molecule has 4 unspecified atom stereocenters. The Hall–Kier alpha value is -2.08. The van der Waals surface area contributed by atoms with Gasteiger partial charge in [0, 0.05) is 64.7 Å². The van der Waals surface area contributed by atoms with Crippen molar-refractivity contribution in [3.63, 3.8) is 0 Å². The lowest BCUT2D eigenvalue weighted by atomic mass is 9.89. The highest BCUT2D eigenvalue weighted by Crippen LogP contribution is 2.25. The minimum absolute atomic E-state index is 0.0442. The third kappa shape index (κ3) is 51.2. The summed E-state index contributed by atoms with van der Waals surface area (Å²) in [6.07, 6.45) is 56.5. The monoisotopic (exact) mass is 1300 g/mol. The maximum absolute atomic E-state index is 13.3. The quantitative estimate of drug-likeness (QED) is 0.0330. The van der Waals surface area contributed by atoms with Crippen LogP contribution < -0.4 is 0 Å². The predicted octanol–water partition coefficient (Wildman–Crippen LogP) is 21.5. The summed E-state index contributed by atoms with van der Waals surface area (Å²) in [6, 6.07) is 0. The first kappa shape index (κ1) is 87.9. The van der Waals surface area contributed by atoms with E-state index in [2.05, 4.69) is 75.0 Å². The molecule has 0 bridgehead atoms. The maximum Gasteiger partial charge on any atom is 0.308 e. The van der Waals surface area contributed by atoms with E-state index in [9.17, 15) is 19.2 Å². The second-order valence-electron chi connectivity index (χ2n) is 28.8. The summed E-state index contributed by atoms with van der Waals surface area (Å²) in [5, 5.41) is 0. The van der Waals surface area contributed by atoms with Crippen LogP contribution in [0.3, 0.4) is 0 Å². The largest absolute Gasteiger partial charge is 0.465 e. The molecule has 4 atom stereocenters. The van der Waals surface area contributed by atoms with Crippen molar-refractivity contribution in [1.82, 2.24) is 19.6 Å². The van der Waals surface area contributed by atoms with Crippen LogP contribution in [0.4, 0.5) is 0 Å². The summed E-state index contributed by atoms with van der Waals surface area (Å²) < 4.78 is 17.7. The molecule has 1 saturated heterocycles. The molecule has 1 heterocycles. The second-order valence-corrected chi connectivity index (χ2v) is 28.8. The molecule has 0 spiro atoms.